The molecule has 0 spiro atoms. The second-order valence-corrected chi connectivity index (χ2v) is 5.60. The van der Waals surface area contributed by atoms with E-state index < -0.39 is 29.3 Å². The lowest BCUT2D eigenvalue weighted by Gasteiger charge is -2.14. The molecule has 0 aliphatic rings. The molecule has 5 nitrogen and oxygen atoms in total. The van der Waals surface area contributed by atoms with E-state index in [-0.39, 0.29) is 13.1 Å². The van der Waals surface area contributed by atoms with Crippen molar-refractivity contribution in [1.29, 1.82) is 0 Å². The Morgan fingerprint density at radius 2 is 1.80 bits per heavy atom. The first kappa shape index (κ1) is 16.9. The lowest BCUT2D eigenvalue weighted by atomic mass is 10.1. The Morgan fingerprint density at radius 1 is 1.08 bits per heavy atom. The number of halogens is 2. The topological polar surface area (TPSA) is 77.2 Å². The normalized spacial score (nSPS) is 12.1. The van der Waals surface area contributed by atoms with Gasteiger partial charge in [0.15, 0.2) is 0 Å². The zero-order chi connectivity index (χ0) is 17.8. The predicted octanol–water partition coefficient (Wildman–Crippen LogP) is 2.98. The van der Waals surface area contributed by atoms with Gasteiger partial charge >= 0.3 is 6.03 Å². The Morgan fingerprint density at radius 3 is 2.52 bits per heavy atom. The third-order valence-electron chi connectivity index (χ3n) is 3.81. The second kappa shape index (κ2) is 7.31. The van der Waals surface area contributed by atoms with E-state index in [0.29, 0.717) is 0 Å². The van der Waals surface area contributed by atoms with Crippen LogP contribution in [0.3, 0.4) is 0 Å². The standard InChI is InChI=1S/C18H17F2N3O2/c19-13-5-3-6-14(20)17(13)16(24)10-22-18(25)21-9-12-8-11-4-1-2-7-15(11)23-12/h1-8,16,23-24H,9-10H2,(H2,21,22,25). The van der Waals surface area contributed by atoms with E-state index in [0.717, 1.165) is 28.7 Å². The molecule has 2 aromatic carbocycles. The van der Waals surface area contributed by atoms with Gasteiger partial charge in [-0.15, -0.1) is 0 Å². The lowest BCUT2D eigenvalue weighted by Crippen LogP contribution is -2.37. The van der Waals surface area contributed by atoms with Gasteiger partial charge in [0.25, 0.3) is 0 Å². The van der Waals surface area contributed by atoms with Crippen molar-refractivity contribution in [2.75, 3.05) is 6.54 Å². The minimum absolute atomic E-state index is 0.255. The van der Waals surface area contributed by atoms with Gasteiger partial charge in [-0.1, -0.05) is 24.3 Å². The van der Waals surface area contributed by atoms with Gasteiger partial charge in [0.2, 0.25) is 0 Å². The van der Waals surface area contributed by atoms with Gasteiger partial charge in [-0.3, -0.25) is 0 Å². The van der Waals surface area contributed by atoms with E-state index in [4.69, 9.17) is 0 Å². The van der Waals surface area contributed by atoms with E-state index in [9.17, 15) is 18.7 Å². The van der Waals surface area contributed by atoms with Crippen LogP contribution < -0.4 is 10.6 Å². The van der Waals surface area contributed by atoms with Gasteiger partial charge in [0.1, 0.15) is 17.7 Å². The van der Waals surface area contributed by atoms with Crippen LogP contribution in [0.25, 0.3) is 10.9 Å². The van der Waals surface area contributed by atoms with E-state index in [2.05, 4.69) is 15.6 Å². The summed E-state index contributed by atoms with van der Waals surface area (Å²) in [7, 11) is 0. The number of hydrogen-bond acceptors (Lipinski definition) is 2. The quantitative estimate of drug-likeness (QED) is 0.574. The molecule has 0 aliphatic carbocycles. The van der Waals surface area contributed by atoms with Crippen molar-refractivity contribution in [2.24, 2.45) is 0 Å². The molecule has 1 heterocycles. The van der Waals surface area contributed by atoms with Crippen molar-refractivity contribution in [3.05, 3.63) is 71.4 Å². The van der Waals surface area contributed by atoms with Gasteiger partial charge in [0.05, 0.1) is 12.1 Å². The molecule has 0 fully saturated rings. The third-order valence-corrected chi connectivity index (χ3v) is 3.81. The Kier molecular flexibility index (Phi) is 4.95. The van der Waals surface area contributed by atoms with E-state index in [1.165, 1.54) is 6.07 Å². The average Bonchev–Trinajstić information content (AvgIpc) is 3.01. The Balaban J connectivity index is 1.52. The minimum atomic E-state index is -1.47. The Hall–Kier alpha value is -2.93. The number of hydrogen-bond donors (Lipinski definition) is 4. The smallest absolute Gasteiger partial charge is 0.315 e. The number of nitrogens with one attached hydrogen (secondary N) is 3. The number of amides is 2. The van der Waals surface area contributed by atoms with Crippen molar-refractivity contribution in [2.45, 2.75) is 12.6 Å². The van der Waals surface area contributed by atoms with Crippen molar-refractivity contribution in [1.82, 2.24) is 15.6 Å². The molecule has 3 aromatic rings. The number of para-hydroxylation sites is 1. The predicted molar refractivity (Wildman–Crippen MR) is 89.9 cm³/mol. The van der Waals surface area contributed by atoms with Gasteiger partial charge in [0, 0.05) is 17.8 Å². The van der Waals surface area contributed by atoms with E-state index in [1.807, 2.05) is 30.3 Å². The summed E-state index contributed by atoms with van der Waals surface area (Å²) in [5, 5.41) is 15.9. The fraction of sp³-hybridized carbons (Fsp3) is 0.167. The Labute approximate surface area is 142 Å². The highest BCUT2D eigenvalue weighted by Gasteiger charge is 2.18. The molecule has 3 rings (SSSR count). The summed E-state index contributed by atoms with van der Waals surface area (Å²) in [5.74, 6) is -1.71. The number of benzene rings is 2. The molecule has 4 N–H and O–H groups in total. The maximum atomic E-state index is 13.6. The number of rotatable bonds is 5. The number of urea groups is 1. The van der Waals surface area contributed by atoms with Crippen LogP contribution in [0.5, 0.6) is 0 Å². The van der Waals surface area contributed by atoms with Gasteiger partial charge < -0.3 is 20.7 Å². The molecule has 25 heavy (non-hydrogen) atoms. The van der Waals surface area contributed by atoms with Crippen molar-refractivity contribution in [3.8, 4) is 0 Å². The fourth-order valence-electron chi connectivity index (χ4n) is 2.59. The monoisotopic (exact) mass is 345 g/mol. The largest absolute Gasteiger partial charge is 0.386 e. The van der Waals surface area contributed by atoms with Crippen molar-refractivity contribution in [3.63, 3.8) is 0 Å². The second-order valence-electron chi connectivity index (χ2n) is 5.60. The van der Waals surface area contributed by atoms with E-state index in [1.54, 1.807) is 0 Å². The molecule has 0 saturated carbocycles. The van der Waals surface area contributed by atoms with Crippen LogP contribution in [0.1, 0.15) is 17.4 Å². The molecule has 2 amide bonds. The Bertz CT molecular complexity index is 842. The molecular formula is C18H17F2N3O2. The number of carbonyl (C=O) groups is 1. The first-order valence-corrected chi connectivity index (χ1v) is 7.75. The van der Waals surface area contributed by atoms with Crippen molar-refractivity contribution >= 4 is 16.9 Å². The number of fused-ring (bicyclic) bond motifs is 1. The van der Waals surface area contributed by atoms with Gasteiger partial charge in [-0.25, -0.2) is 13.6 Å². The summed E-state index contributed by atoms with van der Waals surface area (Å²) in [4.78, 5) is 15.0. The van der Waals surface area contributed by atoms with Crippen LogP contribution in [0, 0.1) is 11.6 Å². The molecule has 130 valence electrons. The van der Waals surface area contributed by atoms with Crippen LogP contribution in [0.2, 0.25) is 0 Å². The highest BCUT2D eigenvalue weighted by molar-refractivity contribution is 5.80. The number of carbonyl (C=O) groups excluding carboxylic acids is 1. The summed E-state index contributed by atoms with van der Waals surface area (Å²) < 4.78 is 27.1. The first-order valence-electron chi connectivity index (χ1n) is 7.75. The maximum Gasteiger partial charge on any atom is 0.315 e. The molecule has 0 radical (unpaired) electrons. The summed E-state index contributed by atoms with van der Waals surface area (Å²) in [6.07, 6.45) is -1.47. The maximum absolute atomic E-state index is 13.6. The van der Waals surface area contributed by atoms with E-state index >= 15 is 0 Å². The van der Waals surface area contributed by atoms with Crippen LogP contribution in [-0.2, 0) is 6.54 Å². The lowest BCUT2D eigenvalue weighted by molar-refractivity contribution is 0.164. The minimum Gasteiger partial charge on any atom is -0.386 e. The van der Waals surface area contributed by atoms with Crippen LogP contribution in [0.4, 0.5) is 13.6 Å². The summed E-state index contributed by atoms with van der Waals surface area (Å²) in [6, 6.07) is 12.4. The number of aliphatic hydroxyl groups is 1. The number of H-pyrrole nitrogens is 1. The van der Waals surface area contributed by atoms with Crippen LogP contribution in [-0.4, -0.2) is 22.7 Å². The zero-order valence-electron chi connectivity index (χ0n) is 13.2. The number of aromatic amines is 1. The van der Waals surface area contributed by atoms with Crippen LogP contribution >= 0.6 is 0 Å². The molecular weight excluding hydrogens is 328 g/mol. The molecule has 0 aliphatic heterocycles. The summed E-state index contributed by atoms with van der Waals surface area (Å²) in [6.45, 7) is -0.0545. The summed E-state index contributed by atoms with van der Waals surface area (Å²) in [5.41, 5.74) is 1.32. The SMILES string of the molecule is O=C(NCc1cc2ccccc2[nH]1)NCC(O)c1c(F)cccc1F. The number of aromatic nitrogens is 1. The summed E-state index contributed by atoms with van der Waals surface area (Å²) >= 11 is 0. The average molecular weight is 345 g/mol. The van der Waals surface area contributed by atoms with Crippen molar-refractivity contribution < 1.29 is 18.7 Å². The number of aliphatic hydroxyl groups excluding tert-OH is 1. The highest BCUT2D eigenvalue weighted by atomic mass is 19.1. The molecule has 1 atom stereocenters. The molecule has 0 saturated heterocycles. The highest BCUT2D eigenvalue weighted by Crippen LogP contribution is 2.20. The molecule has 1 unspecified atom stereocenters. The molecule has 1 aromatic heterocycles. The molecule has 7 heteroatoms. The molecule has 0 bridgehead atoms. The fourth-order valence-corrected chi connectivity index (χ4v) is 2.59. The first-order chi connectivity index (χ1) is 12.0. The van der Waals surface area contributed by atoms with Gasteiger partial charge in [-0.2, -0.15) is 0 Å². The van der Waals surface area contributed by atoms with Gasteiger partial charge in [-0.05, 0) is 29.7 Å². The third kappa shape index (κ3) is 3.95. The van der Waals surface area contributed by atoms with Crippen LogP contribution in [0.15, 0.2) is 48.5 Å². The zero-order valence-corrected chi connectivity index (χ0v) is 13.2.